The van der Waals surface area contributed by atoms with Gasteiger partial charge < -0.3 is 18.9 Å². The average Bonchev–Trinajstić information content (AvgIpc) is 2.84. The highest BCUT2D eigenvalue weighted by Gasteiger charge is 2.15. The molecule has 0 spiro atoms. The maximum absolute atomic E-state index is 12.2. The number of rotatable bonds is 8. The van der Waals surface area contributed by atoms with E-state index in [0.29, 0.717) is 0 Å². The Morgan fingerprint density at radius 3 is 1.11 bits per heavy atom. The molecule has 2 aromatic carbocycles. The molecule has 0 saturated heterocycles. The summed E-state index contributed by atoms with van der Waals surface area (Å²) in [4.78, 5) is 48.2. The molecule has 0 atom stereocenters. The van der Waals surface area contributed by atoms with E-state index in [4.69, 9.17) is 18.9 Å². The topological polar surface area (TPSA) is 105 Å². The minimum absolute atomic E-state index is 0.00463. The first-order valence-electron chi connectivity index (χ1n) is 11.1. The molecule has 8 heteroatoms. The van der Waals surface area contributed by atoms with Crippen LogP contribution in [0.4, 0.5) is 0 Å². The number of esters is 4. The molecule has 0 bridgehead atoms. The standard InChI is InChI=1S/C30H26O8/c1-17(2)27(31)35-23-13-11-21(25(15-23)37-29(33)19(5)6)9-10-22-12-14-24(36-28(32)18(3)4)16-26(22)38-30(34)20(7)8/h11-16H,1,3,5,7H2,2,4,6,8H3. The van der Waals surface area contributed by atoms with Crippen molar-refractivity contribution in [3.8, 4) is 34.8 Å². The normalized spacial score (nSPS) is 9.68. The van der Waals surface area contributed by atoms with E-state index in [-0.39, 0.29) is 56.4 Å². The third-order valence-electron chi connectivity index (χ3n) is 4.46. The zero-order valence-corrected chi connectivity index (χ0v) is 21.6. The van der Waals surface area contributed by atoms with Crippen LogP contribution in [0.5, 0.6) is 23.0 Å². The predicted molar refractivity (Wildman–Crippen MR) is 141 cm³/mol. The monoisotopic (exact) mass is 514 g/mol. The molecule has 2 aromatic rings. The Bertz CT molecular complexity index is 1340. The van der Waals surface area contributed by atoms with Crippen LogP contribution in [0.15, 0.2) is 85.0 Å². The molecule has 0 N–H and O–H groups in total. The molecule has 0 aliphatic rings. The molecule has 0 aliphatic carbocycles. The highest BCUT2D eigenvalue weighted by molar-refractivity contribution is 5.91. The summed E-state index contributed by atoms with van der Waals surface area (Å²) in [5.74, 6) is 3.18. The van der Waals surface area contributed by atoms with Gasteiger partial charge in [0.1, 0.15) is 11.5 Å². The zero-order valence-electron chi connectivity index (χ0n) is 21.6. The van der Waals surface area contributed by atoms with Gasteiger partial charge in [0.25, 0.3) is 0 Å². The van der Waals surface area contributed by atoms with Crippen molar-refractivity contribution in [2.45, 2.75) is 27.7 Å². The number of hydrogen-bond donors (Lipinski definition) is 0. The summed E-state index contributed by atoms with van der Waals surface area (Å²) < 4.78 is 21.2. The van der Waals surface area contributed by atoms with E-state index in [1.165, 1.54) is 64.1 Å². The average molecular weight is 515 g/mol. The summed E-state index contributed by atoms with van der Waals surface area (Å²) in [6.07, 6.45) is 0. The molecule has 0 fully saturated rings. The third kappa shape index (κ3) is 8.21. The van der Waals surface area contributed by atoms with Crippen molar-refractivity contribution in [3.63, 3.8) is 0 Å². The minimum atomic E-state index is -0.712. The molecule has 0 aliphatic heterocycles. The SMILES string of the molecule is C=C(C)C(=O)Oc1ccc(C#Cc2ccc(OC(=O)C(=C)C)cc2OC(=O)C(=C)C)c(OC(=O)C(=C)C)c1. The largest absolute Gasteiger partial charge is 0.423 e. The number of benzene rings is 2. The first-order chi connectivity index (χ1) is 17.8. The van der Waals surface area contributed by atoms with Crippen molar-refractivity contribution in [2.75, 3.05) is 0 Å². The second kappa shape index (κ2) is 12.7. The van der Waals surface area contributed by atoms with Crippen molar-refractivity contribution >= 4 is 23.9 Å². The van der Waals surface area contributed by atoms with Gasteiger partial charge in [-0.05, 0) is 52.0 Å². The van der Waals surface area contributed by atoms with E-state index in [2.05, 4.69) is 38.2 Å². The number of carbonyl (C=O) groups is 4. The lowest BCUT2D eigenvalue weighted by Gasteiger charge is -2.10. The molecule has 0 saturated carbocycles. The van der Waals surface area contributed by atoms with E-state index in [9.17, 15) is 19.2 Å². The molecular formula is C30H26O8. The molecule has 0 amide bonds. The van der Waals surface area contributed by atoms with Crippen molar-refractivity contribution in [1.82, 2.24) is 0 Å². The number of hydrogen-bond acceptors (Lipinski definition) is 8. The van der Waals surface area contributed by atoms with Crippen molar-refractivity contribution in [3.05, 3.63) is 96.1 Å². The lowest BCUT2D eigenvalue weighted by Crippen LogP contribution is -2.11. The quantitative estimate of drug-likeness (QED) is 0.209. The lowest BCUT2D eigenvalue weighted by molar-refractivity contribution is -0.131. The van der Waals surface area contributed by atoms with Gasteiger partial charge in [-0.15, -0.1) is 0 Å². The highest BCUT2D eigenvalue weighted by atomic mass is 16.6. The number of carbonyl (C=O) groups excluding carboxylic acids is 4. The maximum atomic E-state index is 12.2. The molecule has 0 heterocycles. The summed E-state index contributed by atoms with van der Waals surface area (Å²) in [6.45, 7) is 20.1. The molecular weight excluding hydrogens is 488 g/mol. The first kappa shape index (κ1) is 29.1. The highest BCUT2D eigenvalue weighted by Crippen LogP contribution is 2.28. The van der Waals surface area contributed by atoms with Gasteiger partial charge in [0.05, 0.1) is 11.1 Å². The van der Waals surface area contributed by atoms with Crippen LogP contribution in [-0.2, 0) is 19.2 Å². The van der Waals surface area contributed by atoms with Gasteiger partial charge in [-0.1, -0.05) is 38.2 Å². The van der Waals surface area contributed by atoms with Crippen LogP contribution >= 0.6 is 0 Å². The Hall–Kier alpha value is -5.16. The van der Waals surface area contributed by atoms with Gasteiger partial charge in [0.15, 0.2) is 11.5 Å². The van der Waals surface area contributed by atoms with Crippen molar-refractivity contribution in [1.29, 1.82) is 0 Å². The second-order valence-electron chi connectivity index (χ2n) is 8.25. The Kier molecular flexibility index (Phi) is 9.71. The Morgan fingerprint density at radius 1 is 0.526 bits per heavy atom. The van der Waals surface area contributed by atoms with Gasteiger partial charge in [0.2, 0.25) is 0 Å². The van der Waals surface area contributed by atoms with Gasteiger partial charge in [-0.25, -0.2) is 19.2 Å². The molecule has 194 valence electrons. The van der Waals surface area contributed by atoms with E-state index in [1.54, 1.807) is 0 Å². The van der Waals surface area contributed by atoms with Gasteiger partial charge in [-0.2, -0.15) is 0 Å². The summed E-state index contributed by atoms with van der Waals surface area (Å²) in [7, 11) is 0. The van der Waals surface area contributed by atoms with Crippen LogP contribution in [0.25, 0.3) is 0 Å². The van der Waals surface area contributed by atoms with Gasteiger partial charge in [-0.3, -0.25) is 0 Å². The third-order valence-corrected chi connectivity index (χ3v) is 4.46. The smallest absolute Gasteiger partial charge is 0.338 e. The van der Waals surface area contributed by atoms with Crippen LogP contribution in [0.3, 0.4) is 0 Å². The van der Waals surface area contributed by atoms with Gasteiger partial charge in [0, 0.05) is 34.4 Å². The second-order valence-corrected chi connectivity index (χ2v) is 8.25. The van der Waals surface area contributed by atoms with E-state index in [0.717, 1.165) is 0 Å². The molecule has 0 radical (unpaired) electrons. The van der Waals surface area contributed by atoms with Crippen molar-refractivity contribution in [2.24, 2.45) is 0 Å². The molecule has 2 rings (SSSR count). The van der Waals surface area contributed by atoms with Crippen LogP contribution in [0, 0.1) is 11.8 Å². The van der Waals surface area contributed by atoms with Crippen LogP contribution in [0.1, 0.15) is 38.8 Å². The Balaban J connectivity index is 2.55. The lowest BCUT2D eigenvalue weighted by atomic mass is 10.1. The zero-order chi connectivity index (χ0) is 28.6. The van der Waals surface area contributed by atoms with E-state index < -0.39 is 23.9 Å². The van der Waals surface area contributed by atoms with Crippen molar-refractivity contribution < 1.29 is 38.1 Å². The van der Waals surface area contributed by atoms with Gasteiger partial charge >= 0.3 is 23.9 Å². The maximum Gasteiger partial charge on any atom is 0.338 e. The van der Waals surface area contributed by atoms with E-state index in [1.807, 2.05) is 0 Å². The summed E-state index contributed by atoms with van der Waals surface area (Å²) >= 11 is 0. The minimum Gasteiger partial charge on any atom is -0.423 e. The molecule has 38 heavy (non-hydrogen) atoms. The van der Waals surface area contributed by atoms with Crippen LogP contribution in [0.2, 0.25) is 0 Å². The fourth-order valence-electron chi connectivity index (χ4n) is 2.40. The first-order valence-corrected chi connectivity index (χ1v) is 11.1. The van der Waals surface area contributed by atoms with Crippen LogP contribution in [-0.4, -0.2) is 23.9 Å². The number of ether oxygens (including phenoxy) is 4. The van der Waals surface area contributed by atoms with Crippen LogP contribution < -0.4 is 18.9 Å². The molecule has 0 aromatic heterocycles. The summed E-state index contributed by atoms with van der Waals surface area (Å²) in [5, 5.41) is 0. The fraction of sp³-hybridized carbons (Fsp3) is 0.133. The fourth-order valence-corrected chi connectivity index (χ4v) is 2.40. The Morgan fingerprint density at radius 2 is 0.816 bits per heavy atom. The van der Waals surface area contributed by atoms with E-state index >= 15 is 0 Å². The summed E-state index contributed by atoms with van der Waals surface area (Å²) in [6, 6.07) is 8.55. The summed E-state index contributed by atoms with van der Waals surface area (Å²) in [5.41, 5.74) is 1.16. The molecule has 0 unspecified atom stereocenters. The predicted octanol–water partition coefficient (Wildman–Crippen LogP) is 5.01. The molecule has 8 nitrogen and oxygen atoms in total. The Labute approximate surface area is 220 Å².